The van der Waals surface area contributed by atoms with Gasteiger partial charge in [-0.05, 0) is 13.8 Å². The molecule has 0 aliphatic rings. The van der Waals surface area contributed by atoms with E-state index in [2.05, 4.69) is 6.58 Å². The summed E-state index contributed by atoms with van der Waals surface area (Å²) in [7, 11) is 0. The summed E-state index contributed by atoms with van der Waals surface area (Å²) < 4.78 is 0. The summed E-state index contributed by atoms with van der Waals surface area (Å²) in [5.74, 6) is 0. The molecule has 0 amide bonds. The predicted molar refractivity (Wildman–Crippen MR) is 44.8 cm³/mol. The van der Waals surface area contributed by atoms with Crippen LogP contribution in [0.1, 0.15) is 13.8 Å². The molecule has 56 valence electrons. The Morgan fingerprint density at radius 2 is 1.80 bits per heavy atom. The van der Waals surface area contributed by atoms with E-state index in [0.717, 1.165) is 0 Å². The molecule has 0 aromatic carbocycles. The van der Waals surface area contributed by atoms with E-state index in [9.17, 15) is 5.11 Å². The van der Waals surface area contributed by atoms with Gasteiger partial charge in [-0.3, -0.25) is 0 Å². The zero-order valence-corrected chi connectivity index (χ0v) is 6.54. The summed E-state index contributed by atoms with van der Waals surface area (Å²) in [4.78, 5) is 0. The second kappa shape index (κ2) is 4.07. The first kappa shape index (κ1) is 9.18. The lowest BCUT2D eigenvalue weighted by Crippen LogP contribution is -2.13. The van der Waals surface area contributed by atoms with Gasteiger partial charge in [0.15, 0.2) is 0 Å². The van der Waals surface area contributed by atoms with E-state index >= 15 is 0 Å². The second-order valence-electron chi connectivity index (χ2n) is 2.63. The van der Waals surface area contributed by atoms with E-state index < -0.39 is 5.60 Å². The Hall–Kier alpha value is -0.820. The van der Waals surface area contributed by atoms with Crippen LogP contribution in [0.4, 0.5) is 0 Å². The first-order valence-corrected chi connectivity index (χ1v) is 3.25. The molecular formula is C9H14O. The standard InChI is InChI=1S/C9H14O/c1-4-5-6-7-8-9(2,3)10/h4-8,10H,1H2,2-3H3/b6-5-,8-7+. The van der Waals surface area contributed by atoms with Crippen LogP contribution in [0.3, 0.4) is 0 Å². The van der Waals surface area contributed by atoms with Gasteiger partial charge >= 0.3 is 0 Å². The van der Waals surface area contributed by atoms with Crippen molar-refractivity contribution in [3.05, 3.63) is 37.0 Å². The molecule has 0 aliphatic carbocycles. The third-order valence-electron chi connectivity index (χ3n) is 0.862. The van der Waals surface area contributed by atoms with Crippen molar-refractivity contribution in [2.45, 2.75) is 19.4 Å². The molecule has 1 heteroatoms. The van der Waals surface area contributed by atoms with E-state index in [4.69, 9.17) is 0 Å². The fraction of sp³-hybridized carbons (Fsp3) is 0.333. The Balaban J connectivity index is 3.77. The number of hydrogen-bond donors (Lipinski definition) is 1. The molecule has 0 atom stereocenters. The first-order valence-electron chi connectivity index (χ1n) is 3.25. The smallest absolute Gasteiger partial charge is 0.0774 e. The first-order chi connectivity index (χ1) is 4.56. The van der Waals surface area contributed by atoms with Gasteiger partial charge < -0.3 is 5.11 Å². The van der Waals surface area contributed by atoms with Crippen LogP contribution in [0.15, 0.2) is 37.0 Å². The highest BCUT2D eigenvalue weighted by Crippen LogP contribution is 2.01. The molecule has 0 aliphatic heterocycles. The fourth-order valence-corrected chi connectivity index (χ4v) is 0.434. The molecule has 0 saturated heterocycles. The van der Waals surface area contributed by atoms with Crippen molar-refractivity contribution in [3.8, 4) is 0 Å². The molecule has 1 nitrogen and oxygen atoms in total. The minimum Gasteiger partial charge on any atom is -0.386 e. The average molecular weight is 138 g/mol. The molecule has 0 bridgehead atoms. The van der Waals surface area contributed by atoms with Crippen molar-refractivity contribution < 1.29 is 5.11 Å². The van der Waals surface area contributed by atoms with Crippen LogP contribution in [-0.2, 0) is 0 Å². The van der Waals surface area contributed by atoms with Crippen molar-refractivity contribution in [2.24, 2.45) is 0 Å². The molecule has 0 saturated carbocycles. The van der Waals surface area contributed by atoms with Gasteiger partial charge in [-0.2, -0.15) is 0 Å². The van der Waals surface area contributed by atoms with E-state index in [1.807, 2.05) is 12.2 Å². The Morgan fingerprint density at radius 1 is 1.20 bits per heavy atom. The van der Waals surface area contributed by atoms with Gasteiger partial charge in [-0.15, -0.1) is 0 Å². The highest BCUT2D eigenvalue weighted by atomic mass is 16.3. The molecule has 0 radical (unpaired) electrons. The van der Waals surface area contributed by atoms with Crippen molar-refractivity contribution in [2.75, 3.05) is 0 Å². The molecule has 0 rings (SSSR count). The molecule has 0 heterocycles. The second-order valence-corrected chi connectivity index (χ2v) is 2.63. The largest absolute Gasteiger partial charge is 0.386 e. The molecule has 0 aromatic rings. The quantitative estimate of drug-likeness (QED) is 0.592. The summed E-state index contributed by atoms with van der Waals surface area (Å²) in [6, 6.07) is 0. The van der Waals surface area contributed by atoms with Gasteiger partial charge in [-0.25, -0.2) is 0 Å². The molecule has 0 unspecified atom stereocenters. The van der Waals surface area contributed by atoms with Crippen LogP contribution < -0.4 is 0 Å². The summed E-state index contributed by atoms with van der Waals surface area (Å²) in [6.45, 7) is 6.97. The van der Waals surface area contributed by atoms with Crippen LogP contribution >= 0.6 is 0 Å². The maximum Gasteiger partial charge on any atom is 0.0774 e. The normalized spacial score (nSPS) is 13.1. The zero-order chi connectivity index (χ0) is 8.04. The summed E-state index contributed by atoms with van der Waals surface area (Å²) in [5.41, 5.74) is -0.717. The Labute approximate surface area is 62.4 Å². The highest BCUT2D eigenvalue weighted by molar-refractivity contribution is 5.11. The van der Waals surface area contributed by atoms with Gasteiger partial charge in [0.05, 0.1) is 5.60 Å². The molecule has 0 aromatic heterocycles. The summed E-state index contributed by atoms with van der Waals surface area (Å²) >= 11 is 0. The van der Waals surface area contributed by atoms with Gasteiger partial charge in [0.25, 0.3) is 0 Å². The van der Waals surface area contributed by atoms with Gasteiger partial charge in [-0.1, -0.05) is 37.0 Å². The van der Waals surface area contributed by atoms with Crippen molar-refractivity contribution >= 4 is 0 Å². The van der Waals surface area contributed by atoms with Crippen LogP contribution in [0.2, 0.25) is 0 Å². The lowest BCUT2D eigenvalue weighted by Gasteiger charge is -2.08. The maximum atomic E-state index is 9.17. The molecule has 0 spiro atoms. The average Bonchev–Trinajstić information content (AvgIpc) is 1.78. The monoisotopic (exact) mass is 138 g/mol. The van der Waals surface area contributed by atoms with Gasteiger partial charge in [0.1, 0.15) is 0 Å². The minimum atomic E-state index is -0.717. The third-order valence-corrected chi connectivity index (χ3v) is 0.862. The SMILES string of the molecule is C=C/C=C\C=C\C(C)(C)O. The van der Waals surface area contributed by atoms with E-state index in [0.29, 0.717) is 0 Å². The Bertz CT molecular complexity index is 147. The lowest BCUT2D eigenvalue weighted by molar-refractivity contribution is 0.133. The number of rotatable bonds is 3. The topological polar surface area (TPSA) is 20.2 Å². The van der Waals surface area contributed by atoms with Crippen molar-refractivity contribution in [1.82, 2.24) is 0 Å². The summed E-state index contributed by atoms with van der Waals surface area (Å²) in [6.07, 6.45) is 8.83. The number of aliphatic hydroxyl groups is 1. The molecule has 10 heavy (non-hydrogen) atoms. The van der Waals surface area contributed by atoms with Crippen LogP contribution in [0.5, 0.6) is 0 Å². The Morgan fingerprint density at radius 3 is 2.20 bits per heavy atom. The molecular weight excluding hydrogens is 124 g/mol. The van der Waals surface area contributed by atoms with E-state index in [1.165, 1.54) is 0 Å². The van der Waals surface area contributed by atoms with Gasteiger partial charge in [0, 0.05) is 0 Å². The zero-order valence-electron chi connectivity index (χ0n) is 6.54. The van der Waals surface area contributed by atoms with E-state index in [1.54, 1.807) is 32.1 Å². The minimum absolute atomic E-state index is 0.717. The van der Waals surface area contributed by atoms with Gasteiger partial charge in [0.2, 0.25) is 0 Å². The molecule has 1 N–H and O–H groups in total. The van der Waals surface area contributed by atoms with Crippen LogP contribution in [0, 0.1) is 0 Å². The van der Waals surface area contributed by atoms with Crippen molar-refractivity contribution in [1.29, 1.82) is 0 Å². The number of allylic oxidation sites excluding steroid dienone is 4. The van der Waals surface area contributed by atoms with Crippen LogP contribution in [0.25, 0.3) is 0 Å². The van der Waals surface area contributed by atoms with Crippen molar-refractivity contribution in [3.63, 3.8) is 0 Å². The highest BCUT2D eigenvalue weighted by Gasteiger charge is 2.03. The fourth-order valence-electron chi connectivity index (χ4n) is 0.434. The number of hydrogen-bond acceptors (Lipinski definition) is 1. The maximum absolute atomic E-state index is 9.17. The third kappa shape index (κ3) is 7.18. The Kier molecular flexibility index (Phi) is 3.74. The van der Waals surface area contributed by atoms with E-state index in [-0.39, 0.29) is 0 Å². The lowest BCUT2D eigenvalue weighted by atomic mass is 10.1. The van der Waals surface area contributed by atoms with Crippen LogP contribution in [-0.4, -0.2) is 10.7 Å². The summed E-state index contributed by atoms with van der Waals surface area (Å²) in [5, 5.41) is 9.17. The molecule has 0 fully saturated rings. The predicted octanol–water partition coefficient (Wildman–Crippen LogP) is 2.06.